The Hall–Kier alpha value is -1.84. The number of aromatic nitrogens is 2. The summed E-state index contributed by atoms with van der Waals surface area (Å²) in [6.07, 6.45) is 4.91. The van der Waals surface area contributed by atoms with Gasteiger partial charge in [0.2, 0.25) is 0 Å². The molecule has 2 unspecified atom stereocenters. The molecule has 1 heterocycles. The molecule has 1 aliphatic carbocycles. The number of hydrogen-bond acceptors (Lipinski definition) is 4. The summed E-state index contributed by atoms with van der Waals surface area (Å²) in [6.45, 7) is 2.25. The van der Waals surface area contributed by atoms with Crippen molar-refractivity contribution in [1.29, 1.82) is 0 Å². The molecule has 0 radical (unpaired) electrons. The van der Waals surface area contributed by atoms with E-state index in [0.29, 0.717) is 11.8 Å². The number of hydrogen-bond donors (Lipinski definition) is 1. The number of benzene rings is 1. The molecule has 1 saturated carbocycles. The molecule has 1 aromatic carbocycles. The summed E-state index contributed by atoms with van der Waals surface area (Å²) in [5, 5.41) is 4.15. The Morgan fingerprint density at radius 3 is 2.74 bits per heavy atom. The van der Waals surface area contributed by atoms with Gasteiger partial charge in [-0.3, -0.25) is 0 Å². The molecule has 100 valence electrons. The molecule has 2 aromatic rings. The maximum absolute atomic E-state index is 5.67. The van der Waals surface area contributed by atoms with E-state index >= 15 is 0 Å². The lowest BCUT2D eigenvalue weighted by Gasteiger charge is -2.04. The first-order chi connectivity index (χ1) is 9.26. The monoisotopic (exact) mass is 257 g/mol. The van der Waals surface area contributed by atoms with E-state index in [1.807, 2.05) is 24.3 Å². The molecule has 0 aliphatic heterocycles. The van der Waals surface area contributed by atoms with E-state index in [0.717, 1.165) is 23.0 Å². The fraction of sp³-hybridized carbons (Fsp3) is 0.467. The first-order valence-electron chi connectivity index (χ1n) is 6.95. The third kappa shape index (κ3) is 2.48. The summed E-state index contributed by atoms with van der Waals surface area (Å²) in [6, 6.07) is 7.52. The average molecular weight is 257 g/mol. The molecule has 4 heteroatoms. The summed E-state index contributed by atoms with van der Waals surface area (Å²) < 4.78 is 5.37. The molecule has 2 atom stereocenters. The molecule has 1 fully saturated rings. The third-order valence-electron chi connectivity index (χ3n) is 4.08. The standard InChI is InChI=1S/C15H19N3O/c1-2-10-3-4-12(9-10)14-17-15(19-18-14)11-5-7-13(16)8-6-11/h5-8,10,12H,2-4,9,16H2,1H3. The van der Waals surface area contributed by atoms with Crippen molar-refractivity contribution in [2.45, 2.75) is 38.5 Å². The number of nitrogens with two attached hydrogens (primary N) is 1. The van der Waals surface area contributed by atoms with Gasteiger partial charge in [-0.2, -0.15) is 4.98 Å². The fourth-order valence-corrected chi connectivity index (χ4v) is 2.82. The van der Waals surface area contributed by atoms with Gasteiger partial charge < -0.3 is 10.3 Å². The molecule has 1 aromatic heterocycles. The van der Waals surface area contributed by atoms with Crippen LogP contribution in [0.25, 0.3) is 11.5 Å². The van der Waals surface area contributed by atoms with Crippen molar-refractivity contribution in [1.82, 2.24) is 10.1 Å². The topological polar surface area (TPSA) is 64.9 Å². The zero-order chi connectivity index (χ0) is 13.2. The quantitative estimate of drug-likeness (QED) is 0.853. The Morgan fingerprint density at radius 1 is 1.26 bits per heavy atom. The van der Waals surface area contributed by atoms with Crippen LogP contribution in [0.5, 0.6) is 0 Å². The minimum atomic E-state index is 0.469. The lowest BCUT2D eigenvalue weighted by Crippen LogP contribution is -1.97. The highest BCUT2D eigenvalue weighted by Crippen LogP contribution is 2.38. The Bertz CT molecular complexity index is 547. The lowest BCUT2D eigenvalue weighted by atomic mass is 10.0. The number of nitrogens with zero attached hydrogens (tertiary/aromatic N) is 2. The van der Waals surface area contributed by atoms with Crippen LogP contribution in [-0.4, -0.2) is 10.1 Å². The van der Waals surface area contributed by atoms with Crippen LogP contribution in [0.15, 0.2) is 28.8 Å². The predicted octanol–water partition coefficient (Wildman–Crippen LogP) is 3.61. The highest BCUT2D eigenvalue weighted by atomic mass is 16.5. The summed E-state index contributed by atoms with van der Waals surface area (Å²) in [4.78, 5) is 4.54. The van der Waals surface area contributed by atoms with Gasteiger partial charge in [-0.05, 0) is 49.4 Å². The molecule has 4 nitrogen and oxygen atoms in total. The van der Waals surface area contributed by atoms with Gasteiger partial charge in [0.15, 0.2) is 5.82 Å². The van der Waals surface area contributed by atoms with Crippen molar-refractivity contribution in [3.63, 3.8) is 0 Å². The normalized spacial score (nSPS) is 22.8. The van der Waals surface area contributed by atoms with Gasteiger partial charge in [0.1, 0.15) is 0 Å². The van der Waals surface area contributed by atoms with Crippen molar-refractivity contribution in [3.8, 4) is 11.5 Å². The molecule has 0 amide bonds. The molecule has 0 bridgehead atoms. The molecule has 2 N–H and O–H groups in total. The first kappa shape index (κ1) is 12.2. The van der Waals surface area contributed by atoms with Crippen molar-refractivity contribution in [3.05, 3.63) is 30.1 Å². The van der Waals surface area contributed by atoms with E-state index in [1.54, 1.807) is 0 Å². The highest BCUT2D eigenvalue weighted by Gasteiger charge is 2.28. The van der Waals surface area contributed by atoms with E-state index in [9.17, 15) is 0 Å². The van der Waals surface area contributed by atoms with E-state index < -0.39 is 0 Å². The molecule has 19 heavy (non-hydrogen) atoms. The summed E-state index contributed by atoms with van der Waals surface area (Å²) in [5.41, 5.74) is 7.34. The number of anilines is 1. The highest BCUT2D eigenvalue weighted by molar-refractivity contribution is 5.56. The van der Waals surface area contributed by atoms with Crippen LogP contribution in [-0.2, 0) is 0 Å². The van der Waals surface area contributed by atoms with E-state index in [2.05, 4.69) is 17.1 Å². The third-order valence-corrected chi connectivity index (χ3v) is 4.08. The van der Waals surface area contributed by atoms with Crippen molar-refractivity contribution in [2.24, 2.45) is 5.92 Å². The van der Waals surface area contributed by atoms with Gasteiger partial charge >= 0.3 is 0 Å². The maximum atomic E-state index is 5.67. The van der Waals surface area contributed by atoms with Crippen molar-refractivity contribution in [2.75, 3.05) is 5.73 Å². The fourth-order valence-electron chi connectivity index (χ4n) is 2.82. The van der Waals surface area contributed by atoms with Gasteiger partial charge in [-0.15, -0.1) is 0 Å². The summed E-state index contributed by atoms with van der Waals surface area (Å²) in [5.74, 6) is 2.75. The van der Waals surface area contributed by atoms with Gasteiger partial charge in [0, 0.05) is 17.2 Å². The van der Waals surface area contributed by atoms with Crippen LogP contribution in [0.1, 0.15) is 44.3 Å². The second-order valence-electron chi connectivity index (χ2n) is 5.36. The Labute approximate surface area is 113 Å². The molecule has 0 spiro atoms. The summed E-state index contributed by atoms with van der Waals surface area (Å²) in [7, 11) is 0. The van der Waals surface area contributed by atoms with Gasteiger partial charge in [0.25, 0.3) is 5.89 Å². The summed E-state index contributed by atoms with van der Waals surface area (Å²) >= 11 is 0. The first-order valence-corrected chi connectivity index (χ1v) is 6.95. The second kappa shape index (κ2) is 5.03. The van der Waals surface area contributed by atoms with Gasteiger partial charge in [-0.1, -0.05) is 18.5 Å². The minimum Gasteiger partial charge on any atom is -0.399 e. The van der Waals surface area contributed by atoms with E-state index in [4.69, 9.17) is 10.3 Å². The van der Waals surface area contributed by atoms with Gasteiger partial charge in [0.05, 0.1) is 0 Å². The van der Waals surface area contributed by atoms with E-state index in [-0.39, 0.29) is 0 Å². The average Bonchev–Trinajstić information content (AvgIpc) is 3.08. The Kier molecular flexibility index (Phi) is 3.23. The SMILES string of the molecule is CCC1CCC(c2noc(-c3ccc(N)cc3)n2)C1. The zero-order valence-corrected chi connectivity index (χ0v) is 11.2. The van der Waals surface area contributed by atoms with Crippen LogP contribution in [0.3, 0.4) is 0 Å². The van der Waals surface area contributed by atoms with Gasteiger partial charge in [-0.25, -0.2) is 0 Å². The van der Waals surface area contributed by atoms with Crippen LogP contribution in [0, 0.1) is 5.92 Å². The van der Waals surface area contributed by atoms with Crippen LogP contribution < -0.4 is 5.73 Å². The van der Waals surface area contributed by atoms with Crippen LogP contribution in [0.4, 0.5) is 5.69 Å². The minimum absolute atomic E-state index is 0.469. The van der Waals surface area contributed by atoms with Crippen molar-refractivity contribution >= 4 is 5.69 Å². The maximum Gasteiger partial charge on any atom is 0.257 e. The Balaban J connectivity index is 1.78. The smallest absolute Gasteiger partial charge is 0.257 e. The number of rotatable bonds is 3. The number of nitrogen functional groups attached to an aromatic ring is 1. The Morgan fingerprint density at radius 2 is 2.05 bits per heavy atom. The van der Waals surface area contributed by atoms with Crippen molar-refractivity contribution < 1.29 is 4.52 Å². The molecule has 1 aliphatic rings. The predicted molar refractivity (Wildman–Crippen MR) is 74.5 cm³/mol. The lowest BCUT2D eigenvalue weighted by molar-refractivity contribution is 0.413. The van der Waals surface area contributed by atoms with Crippen LogP contribution >= 0.6 is 0 Å². The zero-order valence-electron chi connectivity index (χ0n) is 11.2. The molecule has 3 rings (SSSR count). The second-order valence-corrected chi connectivity index (χ2v) is 5.36. The molecular formula is C15H19N3O. The molecule has 0 saturated heterocycles. The largest absolute Gasteiger partial charge is 0.399 e. The van der Waals surface area contributed by atoms with Crippen LogP contribution in [0.2, 0.25) is 0 Å². The molecular weight excluding hydrogens is 238 g/mol. The van der Waals surface area contributed by atoms with E-state index in [1.165, 1.54) is 25.7 Å².